The summed E-state index contributed by atoms with van der Waals surface area (Å²) in [6.45, 7) is 4.93. The summed E-state index contributed by atoms with van der Waals surface area (Å²) >= 11 is 3.14. The zero-order valence-corrected chi connectivity index (χ0v) is 22.0. The highest BCUT2D eigenvalue weighted by Gasteiger charge is 2.19. The summed E-state index contributed by atoms with van der Waals surface area (Å²) in [5, 5.41) is 24.0. The molecule has 3 rings (SSSR count). The summed E-state index contributed by atoms with van der Waals surface area (Å²) in [6.07, 6.45) is 8.16. The van der Waals surface area contributed by atoms with Crippen molar-refractivity contribution < 1.29 is 9.47 Å². The summed E-state index contributed by atoms with van der Waals surface area (Å²) in [4.78, 5) is 1.97. The standard InChI is InChI=1S/C29H30N2O2S2/c1-4-6-9-21(5-2)20-33-29-17-26(22(18-30)14-24-10-7-12-34-24)28(32-3)16-27(29)23(19-31)15-25-11-8-13-35-25/h7-8,10-17,21H,4-6,9,20H2,1-3H3. The van der Waals surface area contributed by atoms with E-state index in [0.29, 0.717) is 46.3 Å². The summed E-state index contributed by atoms with van der Waals surface area (Å²) in [6, 6.07) is 16.2. The van der Waals surface area contributed by atoms with Crippen LogP contribution in [0.25, 0.3) is 23.3 Å². The number of nitrogens with zero attached hydrogens (tertiary/aromatic N) is 2. The number of ether oxygens (including phenoxy) is 2. The quantitative estimate of drug-likeness (QED) is 0.233. The number of hydrogen-bond donors (Lipinski definition) is 0. The molecule has 0 aliphatic rings. The Hall–Kier alpha value is -3.32. The highest BCUT2D eigenvalue weighted by molar-refractivity contribution is 7.11. The molecule has 0 N–H and O–H groups in total. The van der Waals surface area contributed by atoms with E-state index in [1.54, 1.807) is 29.8 Å². The van der Waals surface area contributed by atoms with Gasteiger partial charge in [-0.15, -0.1) is 22.7 Å². The predicted molar refractivity (Wildman–Crippen MR) is 147 cm³/mol. The van der Waals surface area contributed by atoms with Crippen LogP contribution in [0.3, 0.4) is 0 Å². The second-order valence-corrected chi connectivity index (χ2v) is 10.1. The van der Waals surface area contributed by atoms with E-state index in [2.05, 4.69) is 26.0 Å². The number of unbranched alkanes of at least 4 members (excludes halogenated alkanes) is 1. The SMILES string of the molecule is CCCCC(CC)COc1cc(C(C#N)=Cc2cccs2)c(OC)cc1C(C#N)=Cc1cccs1. The molecule has 1 unspecified atom stereocenters. The van der Waals surface area contributed by atoms with Gasteiger partial charge in [0.2, 0.25) is 0 Å². The normalized spacial score (nSPS) is 12.6. The third-order valence-electron chi connectivity index (χ3n) is 5.80. The number of hydrogen-bond acceptors (Lipinski definition) is 6. The maximum Gasteiger partial charge on any atom is 0.128 e. The monoisotopic (exact) mass is 502 g/mol. The fourth-order valence-electron chi connectivity index (χ4n) is 3.75. The lowest BCUT2D eigenvalue weighted by Gasteiger charge is -2.19. The van der Waals surface area contributed by atoms with Crippen LogP contribution in [-0.4, -0.2) is 13.7 Å². The third kappa shape index (κ3) is 7.09. The number of rotatable bonds is 12. The molecule has 180 valence electrons. The number of thiophene rings is 2. The zero-order valence-electron chi connectivity index (χ0n) is 20.4. The van der Waals surface area contributed by atoms with Gasteiger partial charge in [-0.3, -0.25) is 0 Å². The smallest absolute Gasteiger partial charge is 0.128 e. The van der Waals surface area contributed by atoms with E-state index in [0.717, 1.165) is 35.4 Å². The lowest BCUT2D eigenvalue weighted by molar-refractivity contribution is 0.232. The second kappa shape index (κ2) is 13.5. The lowest BCUT2D eigenvalue weighted by atomic mass is 9.97. The van der Waals surface area contributed by atoms with E-state index in [1.807, 2.05) is 59.3 Å². The van der Waals surface area contributed by atoms with Crippen molar-refractivity contribution >= 4 is 46.0 Å². The molecule has 0 spiro atoms. The minimum absolute atomic E-state index is 0.428. The number of allylic oxidation sites excluding steroid dienone is 2. The molecule has 1 aromatic carbocycles. The molecule has 0 amide bonds. The first-order valence-corrected chi connectivity index (χ1v) is 13.6. The largest absolute Gasteiger partial charge is 0.496 e. The van der Waals surface area contributed by atoms with Crippen molar-refractivity contribution in [1.82, 2.24) is 0 Å². The molecule has 0 radical (unpaired) electrons. The molecule has 0 aliphatic heterocycles. The maximum atomic E-state index is 10.0. The van der Waals surface area contributed by atoms with E-state index in [4.69, 9.17) is 9.47 Å². The molecular formula is C29H30N2O2S2. The minimum Gasteiger partial charge on any atom is -0.496 e. The van der Waals surface area contributed by atoms with Crippen LogP contribution in [-0.2, 0) is 0 Å². The van der Waals surface area contributed by atoms with Crippen LogP contribution >= 0.6 is 22.7 Å². The van der Waals surface area contributed by atoms with Gasteiger partial charge in [0, 0.05) is 20.9 Å². The maximum absolute atomic E-state index is 10.0. The summed E-state index contributed by atoms with van der Waals surface area (Å²) in [5.74, 6) is 1.55. The second-order valence-electron chi connectivity index (χ2n) is 8.15. The van der Waals surface area contributed by atoms with Crippen molar-refractivity contribution in [2.45, 2.75) is 39.5 Å². The van der Waals surface area contributed by atoms with Crippen molar-refractivity contribution in [2.75, 3.05) is 13.7 Å². The van der Waals surface area contributed by atoms with Gasteiger partial charge < -0.3 is 9.47 Å². The van der Waals surface area contributed by atoms with E-state index in [9.17, 15) is 10.5 Å². The number of nitriles is 2. The van der Waals surface area contributed by atoms with Gasteiger partial charge in [-0.25, -0.2) is 0 Å². The molecule has 35 heavy (non-hydrogen) atoms. The Balaban J connectivity index is 2.11. The van der Waals surface area contributed by atoms with Crippen LogP contribution in [0.5, 0.6) is 11.5 Å². The fourth-order valence-corrected chi connectivity index (χ4v) is 5.06. The van der Waals surface area contributed by atoms with Gasteiger partial charge in [-0.05, 0) is 59.5 Å². The van der Waals surface area contributed by atoms with Crippen molar-refractivity contribution in [1.29, 1.82) is 10.5 Å². The van der Waals surface area contributed by atoms with Crippen LogP contribution in [0.4, 0.5) is 0 Å². The van der Waals surface area contributed by atoms with Crippen molar-refractivity contribution in [2.24, 2.45) is 5.92 Å². The zero-order chi connectivity index (χ0) is 25.0. The lowest BCUT2D eigenvalue weighted by Crippen LogP contribution is -2.12. The molecule has 4 nitrogen and oxygen atoms in total. The van der Waals surface area contributed by atoms with E-state index < -0.39 is 0 Å². The van der Waals surface area contributed by atoms with Gasteiger partial charge >= 0.3 is 0 Å². The molecule has 0 saturated heterocycles. The number of benzene rings is 1. The first-order chi connectivity index (χ1) is 17.1. The van der Waals surface area contributed by atoms with Gasteiger partial charge in [0.25, 0.3) is 0 Å². The van der Waals surface area contributed by atoms with E-state index in [1.165, 1.54) is 0 Å². The molecular weight excluding hydrogens is 472 g/mol. The average molecular weight is 503 g/mol. The molecule has 2 heterocycles. The Bertz CT molecular complexity index is 1230. The van der Waals surface area contributed by atoms with Crippen LogP contribution in [0.1, 0.15) is 60.4 Å². The van der Waals surface area contributed by atoms with Crippen LogP contribution < -0.4 is 9.47 Å². The van der Waals surface area contributed by atoms with Gasteiger partial charge in [0.1, 0.15) is 11.5 Å². The van der Waals surface area contributed by atoms with Crippen LogP contribution in [0, 0.1) is 28.6 Å². The molecule has 0 saturated carbocycles. The molecule has 1 atom stereocenters. The third-order valence-corrected chi connectivity index (χ3v) is 7.44. The Morgan fingerprint density at radius 1 is 0.943 bits per heavy atom. The summed E-state index contributed by atoms with van der Waals surface area (Å²) in [7, 11) is 1.58. The predicted octanol–water partition coefficient (Wildman–Crippen LogP) is 8.54. The minimum atomic E-state index is 0.428. The Morgan fingerprint density at radius 3 is 1.97 bits per heavy atom. The van der Waals surface area contributed by atoms with Gasteiger partial charge in [0.15, 0.2) is 0 Å². The summed E-state index contributed by atoms with van der Waals surface area (Å²) in [5.41, 5.74) is 2.30. The molecule has 6 heteroatoms. The molecule has 3 aromatic rings. The van der Waals surface area contributed by atoms with Gasteiger partial charge in [-0.1, -0.05) is 45.2 Å². The fraction of sp³-hybridized carbons (Fsp3) is 0.310. The highest BCUT2D eigenvalue weighted by atomic mass is 32.1. The van der Waals surface area contributed by atoms with Crippen molar-refractivity contribution in [3.05, 3.63) is 68.0 Å². The van der Waals surface area contributed by atoms with Crippen molar-refractivity contribution in [3.63, 3.8) is 0 Å². The molecule has 0 bridgehead atoms. The summed E-state index contributed by atoms with van der Waals surface area (Å²) < 4.78 is 12.1. The first kappa shape index (κ1) is 26.3. The average Bonchev–Trinajstić information content (AvgIpc) is 3.60. The number of methoxy groups -OCH3 is 1. The van der Waals surface area contributed by atoms with Crippen LogP contribution in [0.2, 0.25) is 0 Å². The Labute approximate surface area is 216 Å². The molecule has 0 aliphatic carbocycles. The highest BCUT2D eigenvalue weighted by Crippen LogP contribution is 2.38. The molecule has 0 fully saturated rings. The topological polar surface area (TPSA) is 66.0 Å². The van der Waals surface area contributed by atoms with Crippen LogP contribution in [0.15, 0.2) is 47.2 Å². The molecule has 2 aromatic heterocycles. The van der Waals surface area contributed by atoms with E-state index >= 15 is 0 Å². The van der Waals surface area contributed by atoms with Crippen molar-refractivity contribution in [3.8, 4) is 23.6 Å². The Morgan fingerprint density at radius 2 is 1.51 bits per heavy atom. The van der Waals surface area contributed by atoms with E-state index in [-0.39, 0.29) is 0 Å². The Kier molecular flexibility index (Phi) is 10.2. The van der Waals surface area contributed by atoms with Gasteiger partial charge in [-0.2, -0.15) is 10.5 Å². The first-order valence-electron chi connectivity index (χ1n) is 11.8. The van der Waals surface area contributed by atoms with Gasteiger partial charge in [0.05, 0.1) is 37.0 Å².